The molecule has 0 bridgehead atoms. The van der Waals surface area contributed by atoms with Gasteiger partial charge in [0.25, 0.3) is 0 Å². The topological polar surface area (TPSA) is 149 Å². The molecule has 0 spiro atoms. The second-order valence-corrected chi connectivity index (χ2v) is 17.2. The maximum absolute atomic E-state index is 12.4. The maximum atomic E-state index is 12.4. The Kier molecular flexibility index (Phi) is 41.9. The summed E-state index contributed by atoms with van der Waals surface area (Å²) in [5.74, 6) is -1.03. The standard InChI is InChI=1S/C47H87O10P/c1-3-5-7-9-11-13-15-17-19-20-21-22-23-24-25-27-29-31-33-35-37-39-47(51)57-45(41-49)43-55-58(52,53)54-42-44(40-48)56-46(50)38-36-34-32-30-28-26-18-16-14-12-10-8-6-4-2/h10,12,16,18,20-21,44-45,48-49H,3-9,11,13-15,17,19,22-43H2,1-2H3,(H,52,53)/b12-10-,18-16-,21-20-. The van der Waals surface area contributed by atoms with Crippen LogP contribution in [0.1, 0.15) is 213 Å². The van der Waals surface area contributed by atoms with Crippen molar-refractivity contribution in [2.45, 2.75) is 225 Å². The van der Waals surface area contributed by atoms with Crippen molar-refractivity contribution in [2.24, 2.45) is 0 Å². The lowest BCUT2D eigenvalue weighted by Crippen LogP contribution is -2.28. The highest BCUT2D eigenvalue weighted by molar-refractivity contribution is 7.47. The minimum Gasteiger partial charge on any atom is -0.457 e. The summed E-state index contributed by atoms with van der Waals surface area (Å²) < 4.78 is 32.6. The van der Waals surface area contributed by atoms with Crippen molar-refractivity contribution in [2.75, 3.05) is 26.4 Å². The Bertz CT molecular complexity index is 1060. The Morgan fingerprint density at radius 2 is 0.776 bits per heavy atom. The van der Waals surface area contributed by atoms with Crippen LogP contribution in [0.5, 0.6) is 0 Å². The highest BCUT2D eigenvalue weighted by Crippen LogP contribution is 2.43. The molecule has 0 saturated carbocycles. The van der Waals surface area contributed by atoms with Gasteiger partial charge in [-0.05, 0) is 64.2 Å². The van der Waals surface area contributed by atoms with Crippen LogP contribution in [0.25, 0.3) is 0 Å². The fourth-order valence-corrected chi connectivity index (χ4v) is 7.20. The molecule has 0 aliphatic heterocycles. The lowest BCUT2D eigenvalue weighted by molar-refractivity contribution is -0.153. The third kappa shape index (κ3) is 40.9. The molecule has 11 heteroatoms. The molecule has 340 valence electrons. The van der Waals surface area contributed by atoms with Gasteiger partial charge in [0.2, 0.25) is 0 Å². The first-order chi connectivity index (χ1) is 28.3. The Labute approximate surface area is 354 Å². The summed E-state index contributed by atoms with van der Waals surface area (Å²) in [4.78, 5) is 34.6. The van der Waals surface area contributed by atoms with Crippen molar-refractivity contribution in [1.82, 2.24) is 0 Å². The van der Waals surface area contributed by atoms with Gasteiger partial charge >= 0.3 is 19.8 Å². The highest BCUT2D eigenvalue weighted by atomic mass is 31.2. The van der Waals surface area contributed by atoms with E-state index < -0.39 is 58.4 Å². The third-order valence-corrected chi connectivity index (χ3v) is 11.0. The van der Waals surface area contributed by atoms with Crippen LogP contribution in [0.15, 0.2) is 36.5 Å². The SMILES string of the molecule is CCCC/C=C\C/C=C\CCCCCCCC(=O)OC(CO)COP(=O)(O)OCC(CO)OC(=O)CCCCCCCCCCC/C=C\CCCCCCCCCC. The quantitative estimate of drug-likeness (QED) is 0.0234. The van der Waals surface area contributed by atoms with Crippen LogP contribution < -0.4 is 0 Å². The van der Waals surface area contributed by atoms with E-state index in [1.54, 1.807) is 0 Å². The van der Waals surface area contributed by atoms with Crippen LogP contribution in [0.2, 0.25) is 0 Å². The largest absolute Gasteiger partial charge is 0.472 e. The molecule has 3 unspecified atom stereocenters. The number of aliphatic hydroxyl groups excluding tert-OH is 2. The molecule has 58 heavy (non-hydrogen) atoms. The molecule has 0 rings (SSSR count). The van der Waals surface area contributed by atoms with Gasteiger partial charge in [-0.3, -0.25) is 18.6 Å². The summed E-state index contributed by atoms with van der Waals surface area (Å²) >= 11 is 0. The fourth-order valence-electron chi connectivity index (χ4n) is 6.42. The number of esters is 2. The predicted molar refractivity (Wildman–Crippen MR) is 238 cm³/mol. The first kappa shape index (κ1) is 56.2. The van der Waals surface area contributed by atoms with E-state index in [4.69, 9.17) is 18.5 Å². The van der Waals surface area contributed by atoms with Crippen LogP contribution in [0.4, 0.5) is 0 Å². The lowest BCUT2D eigenvalue weighted by Gasteiger charge is -2.20. The number of hydrogen-bond donors (Lipinski definition) is 3. The summed E-state index contributed by atoms with van der Waals surface area (Å²) in [7, 11) is -4.64. The second-order valence-electron chi connectivity index (χ2n) is 15.7. The number of unbranched alkanes of at least 4 members (excludes halogenated alkanes) is 24. The minimum atomic E-state index is -4.64. The van der Waals surface area contributed by atoms with E-state index in [0.29, 0.717) is 12.8 Å². The number of aliphatic hydroxyl groups is 2. The number of rotatable bonds is 44. The highest BCUT2D eigenvalue weighted by Gasteiger charge is 2.27. The number of phosphoric ester groups is 1. The molecule has 0 aromatic heterocycles. The molecule has 0 aromatic carbocycles. The molecule has 10 nitrogen and oxygen atoms in total. The summed E-state index contributed by atoms with van der Waals surface area (Å²) in [6, 6.07) is 0. The van der Waals surface area contributed by atoms with Crippen molar-refractivity contribution in [1.29, 1.82) is 0 Å². The average Bonchev–Trinajstić information content (AvgIpc) is 3.21. The van der Waals surface area contributed by atoms with Gasteiger partial charge in [-0.2, -0.15) is 0 Å². The van der Waals surface area contributed by atoms with Gasteiger partial charge in [0.05, 0.1) is 26.4 Å². The molecule has 0 amide bonds. The van der Waals surface area contributed by atoms with Crippen LogP contribution in [0, 0.1) is 0 Å². The van der Waals surface area contributed by atoms with Crippen molar-refractivity contribution < 1.29 is 47.8 Å². The van der Waals surface area contributed by atoms with Gasteiger partial charge in [-0.15, -0.1) is 0 Å². The van der Waals surface area contributed by atoms with Crippen molar-refractivity contribution >= 4 is 19.8 Å². The normalized spacial score (nSPS) is 14.1. The Morgan fingerprint density at radius 3 is 1.14 bits per heavy atom. The van der Waals surface area contributed by atoms with Crippen molar-refractivity contribution in [3.8, 4) is 0 Å². The Morgan fingerprint density at radius 1 is 0.466 bits per heavy atom. The van der Waals surface area contributed by atoms with Gasteiger partial charge in [0.1, 0.15) is 12.2 Å². The number of hydrogen-bond acceptors (Lipinski definition) is 9. The van der Waals surface area contributed by atoms with E-state index in [2.05, 4.69) is 50.3 Å². The number of allylic oxidation sites excluding steroid dienone is 6. The molecule has 0 radical (unpaired) electrons. The molecule has 0 aliphatic rings. The van der Waals surface area contributed by atoms with Crippen LogP contribution in [0.3, 0.4) is 0 Å². The van der Waals surface area contributed by atoms with E-state index in [0.717, 1.165) is 64.2 Å². The van der Waals surface area contributed by atoms with Gasteiger partial charge in [-0.1, -0.05) is 172 Å². The number of ether oxygens (including phenoxy) is 2. The predicted octanol–water partition coefficient (Wildman–Crippen LogP) is 12.7. The molecular weight excluding hydrogens is 755 g/mol. The molecule has 0 heterocycles. The minimum absolute atomic E-state index is 0.176. The molecular formula is C47H87O10P. The molecule has 0 saturated heterocycles. The lowest BCUT2D eigenvalue weighted by atomic mass is 10.1. The van der Waals surface area contributed by atoms with Gasteiger partial charge in [0.15, 0.2) is 0 Å². The van der Waals surface area contributed by atoms with Gasteiger partial charge in [-0.25, -0.2) is 4.57 Å². The zero-order chi connectivity index (χ0) is 42.6. The van der Waals surface area contributed by atoms with Crippen LogP contribution in [-0.4, -0.2) is 65.7 Å². The van der Waals surface area contributed by atoms with E-state index in [1.165, 1.54) is 109 Å². The van der Waals surface area contributed by atoms with E-state index >= 15 is 0 Å². The van der Waals surface area contributed by atoms with E-state index in [-0.39, 0.29) is 12.8 Å². The second kappa shape index (κ2) is 43.3. The molecule has 3 N–H and O–H groups in total. The van der Waals surface area contributed by atoms with Crippen molar-refractivity contribution in [3.63, 3.8) is 0 Å². The maximum Gasteiger partial charge on any atom is 0.472 e. The first-order valence-corrected chi connectivity index (χ1v) is 24.9. The Hall–Kier alpha value is -1.81. The zero-order valence-electron chi connectivity index (χ0n) is 37.0. The van der Waals surface area contributed by atoms with Gasteiger partial charge in [0, 0.05) is 12.8 Å². The summed E-state index contributed by atoms with van der Waals surface area (Å²) in [5.41, 5.74) is 0. The summed E-state index contributed by atoms with van der Waals surface area (Å²) in [5, 5.41) is 19.2. The number of carbonyl (C=O) groups is 2. The smallest absolute Gasteiger partial charge is 0.457 e. The number of phosphoric acid groups is 1. The van der Waals surface area contributed by atoms with Crippen molar-refractivity contribution in [3.05, 3.63) is 36.5 Å². The Balaban J connectivity index is 3.87. The molecule has 0 aliphatic carbocycles. The summed E-state index contributed by atoms with van der Waals surface area (Å²) in [6.45, 7) is 2.17. The number of carbonyl (C=O) groups excluding carboxylic acids is 2. The zero-order valence-corrected chi connectivity index (χ0v) is 37.9. The monoisotopic (exact) mass is 843 g/mol. The fraction of sp³-hybridized carbons (Fsp3) is 0.830. The average molecular weight is 843 g/mol. The van der Waals surface area contributed by atoms with E-state index in [1.807, 2.05) is 0 Å². The molecule has 0 fully saturated rings. The molecule has 3 atom stereocenters. The summed E-state index contributed by atoms with van der Waals surface area (Å²) in [6.07, 6.45) is 45.5. The first-order valence-electron chi connectivity index (χ1n) is 23.4. The molecule has 0 aromatic rings. The van der Waals surface area contributed by atoms with Crippen LogP contribution >= 0.6 is 7.82 Å². The van der Waals surface area contributed by atoms with Gasteiger partial charge < -0.3 is 24.6 Å². The van der Waals surface area contributed by atoms with Crippen LogP contribution in [-0.2, 0) is 32.7 Å². The third-order valence-electron chi connectivity index (χ3n) is 10.1. The van der Waals surface area contributed by atoms with E-state index in [9.17, 15) is 29.3 Å².